The smallest absolute Gasteiger partial charge is 0.393 e. The van der Waals surface area contributed by atoms with Crippen LogP contribution in [0.25, 0.3) is 0 Å². The Morgan fingerprint density at radius 2 is 0.886 bits per heavy atom. The van der Waals surface area contributed by atoms with Crippen LogP contribution in [0, 0.1) is 0 Å². The minimum Gasteiger partial charge on any atom is -0.393 e. The zero-order valence-corrected chi connectivity index (χ0v) is 15.7. The van der Waals surface area contributed by atoms with E-state index in [9.17, 15) is 88.2 Å². The van der Waals surface area contributed by atoms with Crippen molar-refractivity contribution in [3.8, 4) is 0 Å². The van der Waals surface area contributed by atoms with Crippen LogP contribution < -0.4 is 0 Å². The standard InChI is InChI=1S/C14H5F19O2/c1-3(2)4(34)35-14(32,33)13(30,31)11(26,27)8(20,21)5(15)6(16,17)9(22,23)12(28,29)10(24,25)7(5,18)19/h1H2,2H3. The van der Waals surface area contributed by atoms with Crippen LogP contribution in [-0.2, 0) is 9.53 Å². The highest BCUT2D eigenvalue weighted by Crippen LogP contribution is 2.74. The molecular weight excluding hydrogens is 561 g/mol. The summed E-state index contributed by atoms with van der Waals surface area (Å²) >= 11 is 0. The second-order valence-electron chi connectivity index (χ2n) is 6.94. The fourth-order valence-electron chi connectivity index (χ4n) is 2.48. The Hall–Kier alpha value is -2.12. The number of rotatable bonds is 6. The van der Waals surface area contributed by atoms with Crippen LogP contribution >= 0.6 is 0 Å². The van der Waals surface area contributed by atoms with E-state index in [1.165, 1.54) is 0 Å². The Balaban J connectivity index is 4.04. The summed E-state index contributed by atoms with van der Waals surface area (Å²) in [6, 6.07) is 0. The lowest BCUT2D eigenvalue weighted by Crippen LogP contribution is -2.89. The topological polar surface area (TPSA) is 26.3 Å². The molecular formula is C14H5F19O2. The van der Waals surface area contributed by atoms with E-state index in [0.717, 1.165) is 0 Å². The van der Waals surface area contributed by atoms with Gasteiger partial charge in [-0.3, -0.25) is 0 Å². The van der Waals surface area contributed by atoms with E-state index >= 15 is 0 Å². The summed E-state index contributed by atoms with van der Waals surface area (Å²) in [6.07, 6.45) is -7.43. The fourth-order valence-corrected chi connectivity index (χ4v) is 2.48. The number of esters is 1. The van der Waals surface area contributed by atoms with Gasteiger partial charge in [-0.25, -0.2) is 9.18 Å². The zero-order chi connectivity index (χ0) is 28.9. The van der Waals surface area contributed by atoms with Gasteiger partial charge in [0.2, 0.25) is 0 Å². The Kier molecular flexibility index (Phi) is 6.38. The Morgan fingerprint density at radius 1 is 0.600 bits per heavy atom. The first-order valence-electron chi connectivity index (χ1n) is 7.81. The van der Waals surface area contributed by atoms with Crippen molar-refractivity contribution < 1.29 is 92.9 Å². The van der Waals surface area contributed by atoms with Crippen LogP contribution in [0.5, 0.6) is 0 Å². The van der Waals surface area contributed by atoms with Crippen LogP contribution in [0.3, 0.4) is 0 Å². The van der Waals surface area contributed by atoms with Gasteiger partial charge < -0.3 is 4.74 Å². The van der Waals surface area contributed by atoms with Crippen molar-refractivity contribution in [3.05, 3.63) is 12.2 Å². The van der Waals surface area contributed by atoms with Crippen molar-refractivity contribution in [3.63, 3.8) is 0 Å². The van der Waals surface area contributed by atoms with Crippen LogP contribution in [0.15, 0.2) is 12.2 Å². The molecule has 1 aliphatic carbocycles. The van der Waals surface area contributed by atoms with Gasteiger partial charge in [-0.15, -0.1) is 0 Å². The van der Waals surface area contributed by atoms with Gasteiger partial charge >= 0.3 is 65.1 Å². The molecule has 206 valence electrons. The highest BCUT2D eigenvalue weighted by Gasteiger charge is 3.08. The summed E-state index contributed by atoms with van der Waals surface area (Å²) in [7, 11) is 0. The third kappa shape index (κ3) is 3.03. The molecule has 0 amide bonds. The molecule has 0 unspecified atom stereocenters. The number of halogens is 19. The lowest BCUT2D eigenvalue weighted by atomic mass is 9.67. The molecule has 0 heterocycles. The van der Waals surface area contributed by atoms with Gasteiger partial charge in [0.15, 0.2) is 0 Å². The Bertz CT molecular complexity index is 871. The first-order chi connectivity index (χ1) is 14.8. The van der Waals surface area contributed by atoms with Crippen molar-refractivity contribution in [2.24, 2.45) is 0 Å². The van der Waals surface area contributed by atoms with Gasteiger partial charge in [0.25, 0.3) is 0 Å². The van der Waals surface area contributed by atoms with Gasteiger partial charge in [0, 0.05) is 5.57 Å². The van der Waals surface area contributed by atoms with Crippen LogP contribution in [-0.4, -0.2) is 65.1 Å². The number of alkyl halides is 19. The average molecular weight is 566 g/mol. The minimum absolute atomic E-state index is 0.313. The van der Waals surface area contributed by atoms with Crippen LogP contribution in [0.4, 0.5) is 83.4 Å². The van der Waals surface area contributed by atoms with E-state index in [1.54, 1.807) is 0 Å². The summed E-state index contributed by atoms with van der Waals surface area (Å²) in [5, 5.41) is 0. The maximum atomic E-state index is 14.3. The Morgan fingerprint density at radius 3 is 1.17 bits per heavy atom. The van der Waals surface area contributed by atoms with Gasteiger partial charge in [-0.05, 0) is 6.92 Å². The predicted octanol–water partition coefficient (Wildman–Crippen LogP) is 6.50. The van der Waals surface area contributed by atoms with Gasteiger partial charge in [0.05, 0.1) is 0 Å². The lowest BCUT2D eigenvalue weighted by Gasteiger charge is -2.55. The van der Waals surface area contributed by atoms with E-state index in [2.05, 4.69) is 11.3 Å². The first-order valence-corrected chi connectivity index (χ1v) is 7.81. The molecule has 2 nitrogen and oxygen atoms in total. The molecule has 1 fully saturated rings. The van der Waals surface area contributed by atoms with E-state index in [4.69, 9.17) is 0 Å². The van der Waals surface area contributed by atoms with Gasteiger partial charge in [-0.2, -0.15) is 79.0 Å². The van der Waals surface area contributed by atoms with E-state index in [1.807, 2.05) is 0 Å². The van der Waals surface area contributed by atoms with Crippen molar-refractivity contribution in [2.45, 2.75) is 66.1 Å². The molecule has 21 heteroatoms. The molecule has 1 rings (SSSR count). The molecule has 0 aromatic heterocycles. The molecule has 0 saturated heterocycles. The van der Waals surface area contributed by atoms with Crippen molar-refractivity contribution in [1.29, 1.82) is 0 Å². The second-order valence-corrected chi connectivity index (χ2v) is 6.94. The number of carbonyl (C=O) groups excluding carboxylic acids is 1. The normalized spacial score (nSPS) is 25.0. The van der Waals surface area contributed by atoms with E-state index < -0.39 is 70.7 Å². The fraction of sp³-hybridized carbons (Fsp3) is 0.786. The molecule has 1 saturated carbocycles. The summed E-state index contributed by atoms with van der Waals surface area (Å²) in [5.74, 6) is -71.9. The first kappa shape index (κ1) is 30.9. The summed E-state index contributed by atoms with van der Waals surface area (Å²) in [6.45, 7) is 2.73. The molecule has 0 spiro atoms. The molecule has 0 N–H and O–H groups in total. The van der Waals surface area contributed by atoms with Gasteiger partial charge in [0.1, 0.15) is 0 Å². The molecule has 0 aliphatic heterocycles. The second kappa shape index (κ2) is 7.22. The Labute approximate surface area is 178 Å². The van der Waals surface area contributed by atoms with Crippen molar-refractivity contribution in [1.82, 2.24) is 0 Å². The minimum atomic E-state index is -9.17. The molecule has 0 aromatic carbocycles. The van der Waals surface area contributed by atoms with Crippen molar-refractivity contribution >= 4 is 5.97 Å². The SMILES string of the molecule is C=C(C)C(=O)OC(F)(F)C(F)(F)C(F)(F)C(F)(F)C1(F)C(F)(F)C(F)(F)C(F)(F)C(F)(F)C1(F)F. The van der Waals surface area contributed by atoms with E-state index in [-0.39, 0.29) is 0 Å². The quantitative estimate of drug-likeness (QED) is 0.209. The summed E-state index contributed by atoms with van der Waals surface area (Å²) in [4.78, 5) is 10.8. The number of hydrogen-bond acceptors (Lipinski definition) is 2. The molecule has 0 atom stereocenters. The monoisotopic (exact) mass is 566 g/mol. The number of hydrogen-bond donors (Lipinski definition) is 0. The third-order valence-corrected chi connectivity index (χ3v) is 4.60. The predicted molar refractivity (Wildman–Crippen MR) is 69.3 cm³/mol. The summed E-state index contributed by atoms with van der Waals surface area (Å²) < 4.78 is 260. The molecule has 1 aliphatic rings. The molecule has 0 radical (unpaired) electrons. The highest BCUT2D eigenvalue weighted by molar-refractivity contribution is 5.87. The molecule has 0 bridgehead atoms. The third-order valence-electron chi connectivity index (χ3n) is 4.60. The molecule has 35 heavy (non-hydrogen) atoms. The van der Waals surface area contributed by atoms with Crippen LogP contribution in [0.1, 0.15) is 6.92 Å². The largest absolute Gasteiger partial charge is 0.473 e. The lowest BCUT2D eigenvalue weighted by molar-refractivity contribution is -0.526. The van der Waals surface area contributed by atoms with Gasteiger partial charge in [-0.1, -0.05) is 6.58 Å². The zero-order valence-electron chi connectivity index (χ0n) is 15.7. The van der Waals surface area contributed by atoms with Crippen LogP contribution in [0.2, 0.25) is 0 Å². The average Bonchev–Trinajstić information content (AvgIpc) is 2.64. The van der Waals surface area contributed by atoms with Crippen molar-refractivity contribution in [2.75, 3.05) is 0 Å². The number of carbonyl (C=O) groups is 1. The highest BCUT2D eigenvalue weighted by atomic mass is 19.4. The maximum absolute atomic E-state index is 14.3. The van der Waals surface area contributed by atoms with E-state index in [0.29, 0.717) is 6.92 Å². The maximum Gasteiger partial charge on any atom is 0.473 e. The summed E-state index contributed by atoms with van der Waals surface area (Å²) in [5.41, 5.74) is -10.5. The number of ether oxygens (including phenoxy) is 1. The molecule has 0 aromatic rings.